The molecule has 0 aliphatic carbocycles. The van der Waals surface area contributed by atoms with E-state index in [1.54, 1.807) is 0 Å². The molecular formula is C22H14N4. The molecule has 1 N–H and O–H groups in total. The first kappa shape index (κ1) is 13.6. The summed E-state index contributed by atoms with van der Waals surface area (Å²) in [7, 11) is 0. The Morgan fingerprint density at radius 1 is 0.731 bits per heavy atom. The minimum Gasteiger partial charge on any atom is -0.338 e. The number of H-pyrrole nitrogens is 1. The van der Waals surface area contributed by atoms with Crippen molar-refractivity contribution in [1.82, 2.24) is 19.5 Å². The van der Waals surface area contributed by atoms with Crippen molar-refractivity contribution in [2.24, 2.45) is 0 Å². The fourth-order valence-electron chi connectivity index (χ4n) is 3.85. The third kappa shape index (κ3) is 1.73. The number of nitrogens with one attached hydrogen (secondary N) is 1. The van der Waals surface area contributed by atoms with Crippen LogP contribution in [0.1, 0.15) is 0 Å². The van der Waals surface area contributed by atoms with E-state index in [0.717, 1.165) is 49.7 Å². The normalized spacial score (nSPS) is 11.8. The van der Waals surface area contributed by atoms with Crippen molar-refractivity contribution in [2.45, 2.75) is 0 Å². The van der Waals surface area contributed by atoms with Crippen LogP contribution in [0, 0.1) is 0 Å². The van der Waals surface area contributed by atoms with E-state index in [9.17, 15) is 0 Å². The Bertz CT molecular complexity index is 1420. The van der Waals surface area contributed by atoms with Gasteiger partial charge in [0.15, 0.2) is 0 Å². The Morgan fingerprint density at radius 2 is 1.58 bits per heavy atom. The maximum absolute atomic E-state index is 4.97. The van der Waals surface area contributed by atoms with Crippen molar-refractivity contribution < 1.29 is 0 Å². The van der Waals surface area contributed by atoms with Gasteiger partial charge in [0, 0.05) is 22.7 Å². The first-order valence-corrected chi connectivity index (χ1v) is 8.62. The van der Waals surface area contributed by atoms with Gasteiger partial charge in [-0.3, -0.25) is 4.98 Å². The van der Waals surface area contributed by atoms with E-state index < -0.39 is 0 Å². The summed E-state index contributed by atoms with van der Waals surface area (Å²) < 4.78 is 2.28. The second kappa shape index (κ2) is 4.92. The number of hydrogen-bond acceptors (Lipinski definition) is 2. The molecular weight excluding hydrogens is 320 g/mol. The topological polar surface area (TPSA) is 46.5 Å². The Hall–Kier alpha value is -3.66. The molecule has 0 amide bonds. The van der Waals surface area contributed by atoms with Crippen molar-refractivity contribution >= 4 is 44.0 Å². The van der Waals surface area contributed by atoms with E-state index in [0.29, 0.717) is 0 Å². The van der Waals surface area contributed by atoms with Gasteiger partial charge < -0.3 is 9.55 Å². The molecule has 6 rings (SSSR count). The van der Waals surface area contributed by atoms with Crippen molar-refractivity contribution in [3.8, 4) is 5.69 Å². The summed E-state index contributed by atoms with van der Waals surface area (Å²) in [5.41, 5.74) is 7.24. The molecule has 0 saturated carbocycles. The molecule has 0 spiro atoms. The summed E-state index contributed by atoms with van der Waals surface area (Å²) in [4.78, 5) is 12.9. The molecule has 122 valence electrons. The molecule has 0 aliphatic heterocycles. The molecule has 0 saturated heterocycles. The van der Waals surface area contributed by atoms with Gasteiger partial charge in [0.2, 0.25) is 0 Å². The van der Waals surface area contributed by atoms with Crippen LogP contribution in [0.4, 0.5) is 0 Å². The van der Waals surface area contributed by atoms with Gasteiger partial charge in [-0.2, -0.15) is 0 Å². The summed E-state index contributed by atoms with van der Waals surface area (Å²) in [6.45, 7) is 0. The zero-order chi connectivity index (χ0) is 17.1. The molecule has 26 heavy (non-hydrogen) atoms. The molecule has 4 nitrogen and oxygen atoms in total. The summed E-state index contributed by atoms with van der Waals surface area (Å²) in [6.07, 6.45) is 1.83. The highest BCUT2D eigenvalue weighted by Crippen LogP contribution is 2.34. The third-order valence-corrected chi connectivity index (χ3v) is 4.97. The lowest BCUT2D eigenvalue weighted by molar-refractivity contribution is 1.18. The number of nitrogens with zero attached hydrogens (tertiary/aromatic N) is 3. The highest BCUT2D eigenvalue weighted by Gasteiger charge is 2.16. The fourth-order valence-corrected chi connectivity index (χ4v) is 3.85. The average molecular weight is 334 g/mol. The van der Waals surface area contributed by atoms with Gasteiger partial charge in [-0.05, 0) is 36.4 Å². The number of benzene rings is 2. The van der Waals surface area contributed by atoms with E-state index in [1.807, 2.05) is 24.4 Å². The summed E-state index contributed by atoms with van der Waals surface area (Å²) in [5.74, 6) is 0. The van der Waals surface area contributed by atoms with E-state index in [1.165, 1.54) is 0 Å². The van der Waals surface area contributed by atoms with Crippen LogP contribution in [-0.2, 0) is 0 Å². The van der Waals surface area contributed by atoms with Crippen molar-refractivity contribution in [3.63, 3.8) is 0 Å². The van der Waals surface area contributed by atoms with Gasteiger partial charge in [-0.25, -0.2) is 4.98 Å². The van der Waals surface area contributed by atoms with Crippen LogP contribution in [-0.4, -0.2) is 19.5 Å². The quantitative estimate of drug-likeness (QED) is 0.449. The molecule has 4 heterocycles. The van der Waals surface area contributed by atoms with Gasteiger partial charge in [0.05, 0.1) is 27.6 Å². The molecule has 2 aromatic carbocycles. The van der Waals surface area contributed by atoms with Crippen LogP contribution in [0.15, 0.2) is 79.0 Å². The molecule has 0 bridgehead atoms. The van der Waals surface area contributed by atoms with Gasteiger partial charge in [-0.15, -0.1) is 0 Å². The maximum Gasteiger partial charge on any atom is 0.140 e. The fraction of sp³-hybridized carbons (Fsp3) is 0. The number of rotatable bonds is 1. The molecule has 4 heteroatoms. The molecule has 0 radical (unpaired) electrons. The molecule has 0 atom stereocenters. The molecule has 0 fully saturated rings. The maximum atomic E-state index is 4.97. The first-order chi connectivity index (χ1) is 12.9. The van der Waals surface area contributed by atoms with Crippen molar-refractivity contribution in [1.29, 1.82) is 0 Å². The SMILES string of the molecule is c1ccc(-n2c3ccccc3c3nc4[nH]c5cccnc5c4cc32)cc1. The molecule has 6 aromatic rings. The Labute approximate surface area is 148 Å². The zero-order valence-electron chi connectivity index (χ0n) is 13.8. The van der Waals surface area contributed by atoms with E-state index >= 15 is 0 Å². The summed E-state index contributed by atoms with van der Waals surface area (Å²) in [5, 5.41) is 2.20. The van der Waals surface area contributed by atoms with Crippen LogP contribution >= 0.6 is 0 Å². The zero-order valence-corrected chi connectivity index (χ0v) is 13.8. The van der Waals surface area contributed by atoms with E-state index in [4.69, 9.17) is 4.98 Å². The predicted octanol–water partition coefficient (Wildman–Crippen LogP) is 5.21. The number of aromatic amines is 1. The van der Waals surface area contributed by atoms with E-state index in [2.05, 4.69) is 69.1 Å². The third-order valence-electron chi connectivity index (χ3n) is 4.97. The lowest BCUT2D eigenvalue weighted by Crippen LogP contribution is -1.93. The standard InChI is InChI=1S/C22H14N4/c1-2-7-14(8-3-1)26-18-11-5-4-9-15(18)21-19(26)13-16-20-17(10-6-12-23-20)24-22(16)25-21/h1-13H,(H,24,25). The summed E-state index contributed by atoms with van der Waals surface area (Å²) in [6, 6.07) is 25.0. The smallest absolute Gasteiger partial charge is 0.140 e. The predicted molar refractivity (Wildman–Crippen MR) is 106 cm³/mol. The second-order valence-electron chi connectivity index (χ2n) is 6.46. The molecule has 4 aromatic heterocycles. The highest BCUT2D eigenvalue weighted by molar-refractivity contribution is 6.13. The second-order valence-corrected chi connectivity index (χ2v) is 6.46. The van der Waals surface area contributed by atoms with Gasteiger partial charge in [0.25, 0.3) is 0 Å². The number of fused-ring (bicyclic) bond motifs is 6. The Morgan fingerprint density at radius 3 is 2.50 bits per heavy atom. The molecule has 0 unspecified atom stereocenters. The minimum atomic E-state index is 0.877. The minimum absolute atomic E-state index is 0.877. The lowest BCUT2D eigenvalue weighted by atomic mass is 10.2. The van der Waals surface area contributed by atoms with Gasteiger partial charge in [0.1, 0.15) is 5.65 Å². The molecule has 0 aliphatic rings. The van der Waals surface area contributed by atoms with Gasteiger partial charge in [-0.1, -0.05) is 36.4 Å². The van der Waals surface area contributed by atoms with Crippen molar-refractivity contribution in [3.05, 3.63) is 79.0 Å². The number of hydrogen-bond donors (Lipinski definition) is 1. The lowest BCUT2D eigenvalue weighted by Gasteiger charge is -2.07. The Balaban J connectivity index is 1.86. The van der Waals surface area contributed by atoms with Crippen LogP contribution in [0.3, 0.4) is 0 Å². The van der Waals surface area contributed by atoms with Crippen LogP contribution in [0.5, 0.6) is 0 Å². The first-order valence-electron chi connectivity index (χ1n) is 8.62. The highest BCUT2D eigenvalue weighted by atomic mass is 15.0. The van der Waals surface area contributed by atoms with Crippen LogP contribution < -0.4 is 0 Å². The number of pyridine rings is 2. The van der Waals surface area contributed by atoms with Gasteiger partial charge >= 0.3 is 0 Å². The number of para-hydroxylation sites is 2. The van der Waals surface area contributed by atoms with Crippen LogP contribution in [0.25, 0.3) is 49.7 Å². The Kier molecular flexibility index (Phi) is 2.58. The van der Waals surface area contributed by atoms with Crippen molar-refractivity contribution in [2.75, 3.05) is 0 Å². The van der Waals surface area contributed by atoms with E-state index in [-0.39, 0.29) is 0 Å². The monoisotopic (exact) mass is 334 g/mol. The summed E-state index contributed by atoms with van der Waals surface area (Å²) >= 11 is 0. The largest absolute Gasteiger partial charge is 0.338 e. The number of aromatic nitrogens is 4. The van der Waals surface area contributed by atoms with Crippen LogP contribution in [0.2, 0.25) is 0 Å². The average Bonchev–Trinajstić information content (AvgIpc) is 3.22.